The van der Waals surface area contributed by atoms with Gasteiger partial charge in [0.2, 0.25) is 14.5 Å². The van der Waals surface area contributed by atoms with E-state index in [4.69, 9.17) is 122 Å². The third-order valence-electron chi connectivity index (χ3n) is 12.9. The van der Waals surface area contributed by atoms with Crippen molar-refractivity contribution in [1.82, 2.24) is 15.0 Å². The molecule has 3 aromatic heterocycles. The van der Waals surface area contributed by atoms with E-state index in [0.29, 0.717) is 113 Å². The van der Waals surface area contributed by atoms with E-state index in [-0.39, 0.29) is 139 Å². The SMILES string of the molecule is CCOC(=O)C(Br)C(=O)Cc1ccc(Cl)cc1.CCOC(=O)CC(=O)Cc1ccc(Cl)cc1.CCOC(=O)C[C-]=O.CCOC(=O)c1sc(N)nc1Cc1ccc(Cl)cc1.CCOC(=O)c1sc(N)nc1Cc1ccc(Cl)cc1.NC(N)=S.Nc1nc(Cc2ccc(Cl)cc2)c(C(=O)O)s1.O=C(Cl)Cc1ccc(Cl)cc1.O=S(Cl)Cl.[B]=NS.[K+].[OH-]. The number of nitrogen functional groups attached to an aromatic ring is 3. The van der Waals surface area contributed by atoms with E-state index in [0.717, 1.165) is 67.4 Å². The number of aromatic carboxylic acids is 1. The van der Waals surface area contributed by atoms with E-state index >= 15 is 0 Å². The van der Waals surface area contributed by atoms with Gasteiger partial charge in [-0.3, -0.25) is 35.1 Å². The number of halogens is 10. The summed E-state index contributed by atoms with van der Waals surface area (Å²) in [6, 6.07) is 42.9. The molecule has 0 aliphatic heterocycles. The second-order valence-electron chi connectivity index (χ2n) is 21.8. The molecule has 9 rings (SSSR count). The quantitative estimate of drug-likeness (QED) is 0.00305. The molecule has 0 bridgehead atoms. The van der Waals surface area contributed by atoms with Crippen molar-refractivity contribution in [3.63, 3.8) is 0 Å². The van der Waals surface area contributed by atoms with Gasteiger partial charge >= 0.3 is 106 Å². The number of hydrogen-bond acceptors (Lipinski definition) is 29. The van der Waals surface area contributed by atoms with E-state index in [2.05, 4.69) is 110 Å². The number of ether oxygens (including phenoxy) is 5. The second-order valence-corrected chi connectivity index (χ2v) is 32.1. The molecule has 1 radical (unpaired) electrons. The first-order valence-electron chi connectivity index (χ1n) is 33.6. The maximum atomic E-state index is 11.8. The van der Waals surface area contributed by atoms with Crippen LogP contribution < -0.4 is 80.1 Å². The molecule has 9 aromatic rings. The van der Waals surface area contributed by atoms with Gasteiger partial charge in [0.15, 0.2) is 31.1 Å². The number of anilines is 3. The number of nitrogens with zero attached hydrogens (tertiary/aromatic N) is 4. The first kappa shape index (κ1) is 118. The summed E-state index contributed by atoms with van der Waals surface area (Å²) < 4.78 is 35.6. The van der Waals surface area contributed by atoms with Crippen LogP contribution in [0.3, 0.4) is 0 Å². The summed E-state index contributed by atoms with van der Waals surface area (Å²) in [5, 5.41) is 13.5. The summed E-state index contributed by atoms with van der Waals surface area (Å²) in [4.78, 5) is 123. The number of thiocarbonyl (C=S) groups is 1. The number of rotatable bonds is 26. The van der Waals surface area contributed by atoms with Crippen molar-refractivity contribution in [3.8, 4) is 0 Å². The molecule has 120 heavy (non-hydrogen) atoms. The number of carbonyl (C=O) groups is 9. The van der Waals surface area contributed by atoms with Crippen LogP contribution in [0.2, 0.25) is 30.1 Å². The Morgan fingerprint density at radius 2 is 0.775 bits per heavy atom. The Balaban J connectivity index is -0.00000131. The van der Waals surface area contributed by atoms with Gasteiger partial charge in [-0.25, -0.2) is 33.5 Å². The fourth-order valence-electron chi connectivity index (χ4n) is 8.27. The average Bonchev–Trinajstić information content (AvgIpc) is 1.71. The number of carboxylic acids is 1. The molecule has 643 valence electrons. The van der Waals surface area contributed by atoms with Crippen LogP contribution in [0.15, 0.2) is 150 Å². The molecular weight excluding hydrogens is 1960 g/mol. The molecule has 0 saturated heterocycles. The van der Waals surface area contributed by atoms with Crippen LogP contribution in [0.4, 0.5) is 15.4 Å². The standard InChI is InChI=1S/2C13H13ClN2O2S.C12H12BrClO3.C12H13ClO3.C11H9ClN2O2S.C8H6Cl2O.C5H7O3.CH4N2S.BHNS.Cl2OS.K.H2O/c2*1-2-18-12(17)11-10(16-13(15)19-11)7-8-3-5-9(14)6-4-8;1-2-17-12(16)11(13)10(15)7-8-3-5-9(14)6-4-8;1-2-16-12(15)8-11(14)7-9-3-5-10(13)6-4-9;12-7-3-1-6(2-4-7)5-8-9(10(15)16)17-11(13)14-8;9-7-3-1-6(2-4-7)5-8(10)11;1-2-8-5(7)3-4-6;2-1(3)4;1-2-3;1-4(2)3;;/h2*3-6H,2,7H2,1H3,(H2,15,16);3-6,11H,2,7H2,1H3;3-6H,2,7-8H2,1H3;1-4H,5H2,(H2,13,14)(H,15,16);1-4H,5H2;2-3H2,1H3;(H4,2,3,4);3H;;;1H2/q;;;;;;-1;;;;+1;/p-1. The van der Waals surface area contributed by atoms with Crippen molar-refractivity contribution in [2.75, 3.05) is 50.2 Å². The molecule has 0 saturated carbocycles. The van der Waals surface area contributed by atoms with Crippen LogP contribution in [0.25, 0.3) is 0 Å². The largest absolute Gasteiger partial charge is 1.00 e. The van der Waals surface area contributed by atoms with Gasteiger partial charge in [0.05, 0.1) is 50.1 Å². The van der Waals surface area contributed by atoms with Gasteiger partial charge in [0.1, 0.15) is 26.8 Å². The van der Waals surface area contributed by atoms with Crippen molar-refractivity contribution >= 4 is 274 Å². The van der Waals surface area contributed by atoms with Crippen molar-refractivity contribution in [1.29, 1.82) is 0 Å². The number of thiol groups is 1. The Kier molecular flexibility index (Phi) is 68.0. The number of thiazole rings is 3. The van der Waals surface area contributed by atoms with Crippen LogP contribution in [-0.4, -0.2) is 139 Å². The Bertz CT molecular complexity index is 4530. The third-order valence-corrected chi connectivity index (χ3v) is 18.2. The molecule has 0 aliphatic rings. The fraction of sp³-hybridized carbons (Fsp3) is 0.253. The van der Waals surface area contributed by atoms with E-state index in [1.165, 1.54) is 6.29 Å². The Hall–Kier alpha value is -6.15. The van der Waals surface area contributed by atoms with Crippen LogP contribution in [-0.2, 0) is 105 Å². The summed E-state index contributed by atoms with van der Waals surface area (Å²) >= 11 is 53.3. The monoisotopic (exact) mass is 2030 g/mol. The van der Waals surface area contributed by atoms with Gasteiger partial charge in [-0.2, -0.15) is 0 Å². The average molecular weight is 2040 g/mol. The van der Waals surface area contributed by atoms with Gasteiger partial charge in [0, 0.05) is 90.0 Å². The smallest absolute Gasteiger partial charge is 0.870 e. The first-order chi connectivity index (χ1) is 55.8. The molecular formula is C75H79BBrCl9KN9O18S6-. The number of carboxylic acid groups (broad SMARTS) is 1. The van der Waals surface area contributed by atoms with Crippen molar-refractivity contribution < 1.29 is 138 Å². The van der Waals surface area contributed by atoms with Gasteiger partial charge in [0.25, 0.3) is 5.97 Å². The van der Waals surface area contributed by atoms with Gasteiger partial charge < -0.3 is 67.7 Å². The number of Topliss-reactive ketones (excluding diaryl/α,β-unsaturated/α-hetero) is 2. The summed E-state index contributed by atoms with van der Waals surface area (Å²) in [6.45, 7) is 10.2. The minimum absolute atomic E-state index is 0. The summed E-state index contributed by atoms with van der Waals surface area (Å²) in [6.07, 6.45) is 3.16. The molecule has 0 spiro atoms. The number of hydrogen-bond donors (Lipinski definition) is 7. The van der Waals surface area contributed by atoms with Gasteiger partial charge in [-0.15, -0.1) is 0 Å². The van der Waals surface area contributed by atoms with Crippen LogP contribution in [0.5, 0.6) is 0 Å². The van der Waals surface area contributed by atoms with Crippen molar-refractivity contribution in [3.05, 3.63) is 241 Å². The van der Waals surface area contributed by atoms with Crippen LogP contribution in [0, 0.1) is 0 Å². The second kappa shape index (κ2) is 69.2. The summed E-state index contributed by atoms with van der Waals surface area (Å²) in [7, 11) is 11.7. The van der Waals surface area contributed by atoms with Crippen molar-refractivity contribution in [2.24, 2.45) is 15.8 Å². The minimum Gasteiger partial charge on any atom is -0.870 e. The topological polar surface area (TPSA) is 465 Å². The zero-order chi connectivity index (χ0) is 89.4. The maximum Gasteiger partial charge on any atom is 1.00 e. The van der Waals surface area contributed by atoms with E-state index in [1.54, 1.807) is 144 Å². The first-order valence-corrected chi connectivity index (χ1v) is 43.2. The van der Waals surface area contributed by atoms with Gasteiger partial charge in [-0.05, 0) is 165 Å². The molecule has 0 amide bonds. The third kappa shape index (κ3) is 56.6. The Morgan fingerprint density at radius 1 is 0.517 bits per heavy atom. The molecule has 1 unspecified atom stereocenters. The predicted octanol–water partition coefficient (Wildman–Crippen LogP) is 14.1. The van der Waals surface area contributed by atoms with E-state index in [9.17, 15) is 47.9 Å². The molecule has 3 heterocycles. The number of esters is 5. The predicted molar refractivity (Wildman–Crippen MR) is 485 cm³/mol. The number of carbonyl (C=O) groups excluding carboxylic acids is 9. The normalized spacial score (nSPS) is 9.80. The van der Waals surface area contributed by atoms with E-state index in [1.807, 2.05) is 36.4 Å². The van der Waals surface area contributed by atoms with Crippen molar-refractivity contribution in [2.45, 2.75) is 90.8 Å². The Labute approximate surface area is 814 Å². The van der Waals surface area contributed by atoms with E-state index < -0.39 is 37.9 Å². The van der Waals surface area contributed by atoms with Crippen LogP contribution in [0.1, 0.15) is 127 Å². The molecule has 27 nitrogen and oxygen atoms in total. The molecule has 0 aliphatic carbocycles. The Morgan fingerprint density at radius 3 is 1.05 bits per heavy atom. The molecule has 0 fully saturated rings. The number of nitrogens with two attached hydrogens (primary N) is 5. The minimum atomic E-state index is -1.67. The van der Waals surface area contributed by atoms with Crippen LogP contribution >= 0.6 is 178 Å². The fourth-order valence-corrected chi connectivity index (χ4v) is 11.7. The number of aromatic nitrogens is 3. The number of alkyl halides is 1. The maximum absolute atomic E-state index is 11.8. The summed E-state index contributed by atoms with van der Waals surface area (Å²) in [5.41, 5.74) is 33.4. The molecule has 6 aromatic carbocycles. The molecule has 45 heteroatoms. The molecule has 1 atom stereocenters. The number of benzene rings is 6. The zero-order valence-corrected chi connectivity index (χ0v) is 81.1. The summed E-state index contributed by atoms with van der Waals surface area (Å²) in [5.74, 6) is -3.66. The number of ketones is 2. The van der Waals surface area contributed by atoms with Gasteiger partial charge in [-0.1, -0.05) is 199 Å². The zero-order valence-electron chi connectivity index (χ0n) is 64.6. The molecule has 12 N–H and O–H groups in total.